The first-order valence-corrected chi connectivity index (χ1v) is 2.30. The molecule has 0 aliphatic heterocycles. The third-order valence-electron chi connectivity index (χ3n) is 0.458. The molecule has 0 aromatic rings. The van der Waals surface area contributed by atoms with Gasteiger partial charge in [-0.05, 0) is 0 Å². The standard InChI is InChI=1S/C3H8N.V/c1-3-4-2;/h3H2,1-2H3;/q-1;+5. The average molecular weight is 109 g/mol. The molecule has 0 radical (unpaired) electrons. The van der Waals surface area contributed by atoms with Gasteiger partial charge in [-0.2, -0.15) is 0 Å². The van der Waals surface area contributed by atoms with Crippen molar-refractivity contribution in [3.8, 4) is 0 Å². The molecule has 0 fully saturated rings. The quantitative estimate of drug-likeness (QED) is 0.471. The topological polar surface area (TPSA) is 3.24 Å². The number of hydrogen-bond donors (Lipinski definition) is 0. The minimum atomic E-state index is 1.11. The molecule has 1 nitrogen and oxygen atoms in total. The second kappa shape index (κ2) is 2.76. The van der Waals surface area contributed by atoms with E-state index >= 15 is 0 Å². The molecule has 0 saturated heterocycles. The Morgan fingerprint density at radius 2 is 2.00 bits per heavy atom. The van der Waals surface area contributed by atoms with Crippen molar-refractivity contribution in [2.24, 2.45) is 0 Å². The first-order chi connectivity index (χ1) is 2.27. The van der Waals surface area contributed by atoms with Crippen LogP contribution in [0.25, 0.3) is 0 Å². The summed E-state index contributed by atoms with van der Waals surface area (Å²) >= 11 is 2.44. The van der Waals surface area contributed by atoms with Crippen molar-refractivity contribution in [1.82, 2.24) is 3.75 Å². The summed E-state index contributed by atoms with van der Waals surface area (Å²) in [6.07, 6.45) is 0. The maximum atomic E-state index is 2.44. The molecule has 0 aliphatic carbocycles. The molecule has 0 spiro atoms. The SMILES string of the molecule is CC[N](C)[V+4]. The second-order valence-electron chi connectivity index (χ2n) is 0.974. The zero-order chi connectivity index (χ0) is 4.28. The molecular weight excluding hydrogens is 101 g/mol. The molecule has 0 N–H and O–H groups in total. The molecule has 0 saturated carbocycles. The fraction of sp³-hybridized carbons (Fsp3) is 1.00. The number of rotatable bonds is 1. The van der Waals surface area contributed by atoms with E-state index in [0.717, 1.165) is 6.54 Å². The summed E-state index contributed by atoms with van der Waals surface area (Å²) < 4.78 is 2.06. The van der Waals surface area contributed by atoms with E-state index in [1.807, 2.05) is 7.05 Å². The van der Waals surface area contributed by atoms with E-state index in [4.69, 9.17) is 0 Å². The van der Waals surface area contributed by atoms with Gasteiger partial charge in [0, 0.05) is 0 Å². The summed E-state index contributed by atoms with van der Waals surface area (Å²) in [4.78, 5) is 0. The molecule has 0 atom stereocenters. The maximum absolute atomic E-state index is 2.44. The van der Waals surface area contributed by atoms with E-state index in [1.165, 1.54) is 0 Å². The molecule has 0 bridgehead atoms. The summed E-state index contributed by atoms with van der Waals surface area (Å²) in [5.74, 6) is 0. The van der Waals surface area contributed by atoms with Crippen molar-refractivity contribution in [3.05, 3.63) is 0 Å². The molecule has 0 amide bonds. The van der Waals surface area contributed by atoms with Gasteiger partial charge in [-0.15, -0.1) is 0 Å². The summed E-state index contributed by atoms with van der Waals surface area (Å²) in [7, 11) is 2.03. The summed E-state index contributed by atoms with van der Waals surface area (Å²) in [6.45, 7) is 3.22. The first kappa shape index (κ1) is 5.54. The van der Waals surface area contributed by atoms with Crippen LogP contribution in [0.2, 0.25) is 0 Å². The zero-order valence-electron chi connectivity index (χ0n) is 3.60. The van der Waals surface area contributed by atoms with Gasteiger partial charge < -0.3 is 0 Å². The Morgan fingerprint density at radius 1 is 1.80 bits per heavy atom. The third-order valence-corrected chi connectivity index (χ3v) is 0.899. The van der Waals surface area contributed by atoms with Crippen molar-refractivity contribution in [3.63, 3.8) is 0 Å². The van der Waals surface area contributed by atoms with Gasteiger partial charge >= 0.3 is 41.9 Å². The molecule has 5 heavy (non-hydrogen) atoms. The Kier molecular flexibility index (Phi) is 3.07. The van der Waals surface area contributed by atoms with Crippen LogP contribution < -0.4 is 0 Å². The van der Waals surface area contributed by atoms with E-state index in [0.29, 0.717) is 0 Å². The van der Waals surface area contributed by atoms with Crippen molar-refractivity contribution in [1.29, 1.82) is 0 Å². The summed E-state index contributed by atoms with van der Waals surface area (Å²) in [5.41, 5.74) is 0. The molecule has 0 unspecified atom stereocenters. The van der Waals surface area contributed by atoms with Crippen LogP contribution in [-0.4, -0.2) is 17.3 Å². The van der Waals surface area contributed by atoms with Gasteiger partial charge in [0.05, 0.1) is 0 Å². The predicted molar refractivity (Wildman–Crippen MR) is 18.3 cm³/mol. The molecule has 0 aliphatic rings. The van der Waals surface area contributed by atoms with E-state index in [1.54, 1.807) is 0 Å². The minimum absolute atomic E-state index is 1.11. The van der Waals surface area contributed by atoms with Crippen LogP contribution in [0.5, 0.6) is 0 Å². The van der Waals surface area contributed by atoms with Gasteiger partial charge in [-0.3, -0.25) is 0 Å². The molecule has 2 heteroatoms. The van der Waals surface area contributed by atoms with Gasteiger partial charge in [-0.1, -0.05) is 0 Å². The fourth-order valence-corrected chi connectivity index (χ4v) is 0. The van der Waals surface area contributed by atoms with Crippen LogP contribution in [0.4, 0.5) is 0 Å². The normalized spacial score (nSPS) is 9.80. The zero-order valence-corrected chi connectivity index (χ0v) is 5.00. The number of hydrogen-bond acceptors (Lipinski definition) is 1. The molecule has 0 rings (SSSR count). The van der Waals surface area contributed by atoms with E-state index in [9.17, 15) is 0 Å². The predicted octanol–water partition coefficient (Wildman–Crippen LogP) is 0.400. The van der Waals surface area contributed by atoms with Crippen molar-refractivity contribution >= 4 is 0 Å². The van der Waals surface area contributed by atoms with Gasteiger partial charge in [0.1, 0.15) is 0 Å². The van der Waals surface area contributed by atoms with Crippen LogP contribution in [-0.2, 0) is 17.7 Å². The van der Waals surface area contributed by atoms with Crippen molar-refractivity contribution < 1.29 is 17.7 Å². The second-order valence-corrected chi connectivity index (χ2v) is 2.04. The van der Waals surface area contributed by atoms with Crippen molar-refractivity contribution in [2.75, 3.05) is 13.6 Å². The van der Waals surface area contributed by atoms with Crippen molar-refractivity contribution in [2.45, 2.75) is 6.92 Å². The molecule has 0 aromatic heterocycles. The van der Waals surface area contributed by atoms with Gasteiger partial charge in [0.25, 0.3) is 0 Å². The fourth-order valence-electron chi connectivity index (χ4n) is 0. The van der Waals surface area contributed by atoms with E-state index in [2.05, 4.69) is 28.3 Å². The molecular formula is C3H8NV+4. The Labute approximate surface area is 42.6 Å². The van der Waals surface area contributed by atoms with Crippen LogP contribution in [0.1, 0.15) is 6.92 Å². The summed E-state index contributed by atoms with van der Waals surface area (Å²) in [5, 5.41) is 0. The Balaban J connectivity index is 2.54. The van der Waals surface area contributed by atoms with Gasteiger partial charge in [0.15, 0.2) is 0 Å². The van der Waals surface area contributed by atoms with Crippen LogP contribution in [0.15, 0.2) is 0 Å². The van der Waals surface area contributed by atoms with Crippen LogP contribution in [0.3, 0.4) is 0 Å². The molecule has 26 valence electrons. The van der Waals surface area contributed by atoms with Crippen LogP contribution >= 0.6 is 0 Å². The summed E-state index contributed by atoms with van der Waals surface area (Å²) in [6, 6.07) is 0. The monoisotopic (exact) mass is 109 g/mol. The Bertz CT molecular complexity index is 20.9. The Morgan fingerprint density at radius 3 is 2.00 bits per heavy atom. The van der Waals surface area contributed by atoms with Gasteiger partial charge in [-0.25, -0.2) is 0 Å². The van der Waals surface area contributed by atoms with E-state index < -0.39 is 0 Å². The Hall–Kier alpha value is 0.544. The molecule has 0 aromatic carbocycles. The first-order valence-electron chi connectivity index (χ1n) is 1.67. The average Bonchev–Trinajstić information content (AvgIpc) is 1.38. The third kappa shape index (κ3) is 4.54. The van der Waals surface area contributed by atoms with Gasteiger partial charge in [0.2, 0.25) is 0 Å². The molecule has 0 heterocycles. The number of nitrogens with zero attached hydrogens (tertiary/aromatic N) is 1. The van der Waals surface area contributed by atoms with Crippen LogP contribution in [0, 0.1) is 0 Å². The van der Waals surface area contributed by atoms with E-state index in [-0.39, 0.29) is 0 Å².